The highest BCUT2D eigenvalue weighted by molar-refractivity contribution is 5.76. The molecule has 1 spiro atoms. The molecule has 0 bridgehead atoms. The molecule has 5 nitrogen and oxygen atoms in total. The fraction of sp³-hybridized carbons (Fsp3) is 0.667. The lowest BCUT2D eigenvalue weighted by atomic mass is 9.86. The molecule has 1 aromatic rings. The number of halogens is 1. The van der Waals surface area contributed by atoms with Gasteiger partial charge < -0.3 is 9.64 Å². The van der Waals surface area contributed by atoms with Gasteiger partial charge in [0, 0.05) is 58.3 Å². The molecule has 2 aliphatic rings. The lowest BCUT2D eigenvalue weighted by molar-refractivity contribution is -0.131. The minimum Gasteiger partial charge on any atom is -0.383 e. The Morgan fingerprint density at radius 2 is 2.04 bits per heavy atom. The van der Waals surface area contributed by atoms with Crippen LogP contribution in [0.25, 0.3) is 0 Å². The molecule has 2 heterocycles. The second-order valence-corrected chi connectivity index (χ2v) is 8.05. The molecule has 0 saturated carbocycles. The van der Waals surface area contributed by atoms with Gasteiger partial charge in [-0.05, 0) is 50.1 Å². The Kier molecular flexibility index (Phi) is 6.50. The fourth-order valence-corrected chi connectivity index (χ4v) is 4.43. The van der Waals surface area contributed by atoms with E-state index in [0.29, 0.717) is 19.6 Å². The predicted octanol–water partition coefficient (Wildman–Crippen LogP) is 2.28. The second-order valence-electron chi connectivity index (χ2n) is 8.05. The number of methoxy groups -OCH3 is 1. The van der Waals surface area contributed by atoms with Crippen LogP contribution in [0.1, 0.15) is 30.4 Å². The first kappa shape index (κ1) is 20.2. The Morgan fingerprint density at radius 1 is 1.22 bits per heavy atom. The van der Waals surface area contributed by atoms with Crippen LogP contribution in [-0.4, -0.2) is 79.6 Å². The lowest BCUT2D eigenvalue weighted by Gasteiger charge is -2.49. The summed E-state index contributed by atoms with van der Waals surface area (Å²) >= 11 is 0. The molecule has 0 radical (unpaired) electrons. The number of amides is 1. The van der Waals surface area contributed by atoms with Gasteiger partial charge in [-0.15, -0.1) is 0 Å². The van der Waals surface area contributed by atoms with Crippen molar-refractivity contribution in [2.24, 2.45) is 0 Å². The molecule has 1 amide bonds. The van der Waals surface area contributed by atoms with E-state index in [-0.39, 0.29) is 17.3 Å². The first-order valence-corrected chi connectivity index (χ1v) is 9.89. The van der Waals surface area contributed by atoms with Crippen LogP contribution in [0.4, 0.5) is 4.39 Å². The molecule has 0 aromatic heterocycles. The van der Waals surface area contributed by atoms with Gasteiger partial charge in [0.1, 0.15) is 5.82 Å². The third-order valence-electron chi connectivity index (χ3n) is 6.35. The molecule has 0 N–H and O–H groups in total. The molecule has 27 heavy (non-hydrogen) atoms. The number of aryl methyl sites for hydroxylation is 1. The van der Waals surface area contributed by atoms with Crippen LogP contribution >= 0.6 is 0 Å². The largest absolute Gasteiger partial charge is 0.383 e. The molecule has 1 aromatic carbocycles. The number of carbonyl (C=O) groups excluding carboxylic acids is 1. The minimum atomic E-state index is -0.176. The molecule has 3 rings (SSSR count). The fourth-order valence-electron chi connectivity index (χ4n) is 4.43. The maximum Gasteiger partial charge on any atom is 0.222 e. The maximum atomic E-state index is 13.4. The number of rotatable bonds is 5. The molecule has 0 aliphatic carbocycles. The van der Waals surface area contributed by atoms with E-state index >= 15 is 0 Å². The summed E-state index contributed by atoms with van der Waals surface area (Å²) in [5.41, 5.74) is 2.22. The molecule has 0 unspecified atom stereocenters. The third-order valence-corrected chi connectivity index (χ3v) is 6.35. The summed E-state index contributed by atoms with van der Waals surface area (Å²) in [4.78, 5) is 19.4. The Balaban J connectivity index is 1.69. The molecular formula is C21H32FN3O2. The molecule has 2 fully saturated rings. The Bertz CT molecular complexity index is 669. The van der Waals surface area contributed by atoms with Crippen LogP contribution in [0, 0.1) is 12.7 Å². The number of benzene rings is 1. The average molecular weight is 378 g/mol. The standard InChI is InChI=1S/C21H32FN3O2/c1-17-14-19(22)5-4-18(17)15-24-11-10-23(2)21(16-24)7-6-20(26)25(9-8-21)12-13-27-3/h4-5,14H,6-13,15-16H2,1-3H3/t21-/m1/s1. The van der Waals surface area contributed by atoms with Crippen LogP contribution in [0.5, 0.6) is 0 Å². The lowest BCUT2D eigenvalue weighted by Crippen LogP contribution is -2.60. The highest BCUT2D eigenvalue weighted by atomic mass is 19.1. The van der Waals surface area contributed by atoms with Crippen molar-refractivity contribution in [2.75, 3.05) is 53.5 Å². The smallest absolute Gasteiger partial charge is 0.222 e. The Hall–Kier alpha value is -1.50. The SMILES string of the molecule is COCCN1CC[C@]2(CCC1=O)CN(Cc1ccc(F)cc1C)CCN2C. The van der Waals surface area contributed by atoms with E-state index in [2.05, 4.69) is 16.8 Å². The zero-order chi connectivity index (χ0) is 19.4. The molecule has 1 atom stereocenters. The van der Waals surface area contributed by atoms with Crippen LogP contribution in [0.15, 0.2) is 18.2 Å². The molecule has 150 valence electrons. The van der Waals surface area contributed by atoms with Gasteiger partial charge in [0.2, 0.25) is 5.91 Å². The van der Waals surface area contributed by atoms with Gasteiger partial charge in [-0.25, -0.2) is 4.39 Å². The zero-order valence-electron chi connectivity index (χ0n) is 16.8. The molecule has 6 heteroatoms. The van der Waals surface area contributed by atoms with Gasteiger partial charge in [-0.3, -0.25) is 14.6 Å². The van der Waals surface area contributed by atoms with Crippen LogP contribution in [0.3, 0.4) is 0 Å². The van der Waals surface area contributed by atoms with E-state index < -0.39 is 0 Å². The number of likely N-dealkylation sites (N-methyl/N-ethyl adjacent to an activating group) is 1. The van der Waals surface area contributed by atoms with E-state index in [9.17, 15) is 9.18 Å². The van der Waals surface area contributed by atoms with E-state index in [1.165, 1.54) is 5.56 Å². The summed E-state index contributed by atoms with van der Waals surface area (Å²) in [6, 6.07) is 5.06. The van der Waals surface area contributed by atoms with E-state index in [0.717, 1.165) is 51.1 Å². The highest BCUT2D eigenvalue weighted by Gasteiger charge is 2.42. The van der Waals surface area contributed by atoms with Crippen LogP contribution < -0.4 is 0 Å². The van der Waals surface area contributed by atoms with Crippen molar-refractivity contribution in [3.8, 4) is 0 Å². The summed E-state index contributed by atoms with van der Waals surface area (Å²) in [5.74, 6) is 0.0633. The van der Waals surface area contributed by atoms with E-state index in [4.69, 9.17) is 4.74 Å². The summed E-state index contributed by atoms with van der Waals surface area (Å²) in [6.45, 7) is 7.80. The quantitative estimate of drug-likeness (QED) is 0.789. The first-order chi connectivity index (χ1) is 12.9. The number of piperazine rings is 1. The Labute approximate surface area is 162 Å². The van der Waals surface area contributed by atoms with Crippen molar-refractivity contribution in [3.05, 3.63) is 35.1 Å². The van der Waals surface area contributed by atoms with Gasteiger partial charge in [0.15, 0.2) is 0 Å². The number of carbonyl (C=O) groups is 1. The molecule has 2 saturated heterocycles. The van der Waals surface area contributed by atoms with E-state index in [1.807, 2.05) is 17.9 Å². The summed E-state index contributed by atoms with van der Waals surface area (Å²) < 4.78 is 18.6. The monoisotopic (exact) mass is 377 g/mol. The average Bonchev–Trinajstić information content (AvgIpc) is 2.79. The summed E-state index contributed by atoms with van der Waals surface area (Å²) in [6.07, 6.45) is 2.47. The minimum absolute atomic E-state index is 0.0314. The third kappa shape index (κ3) is 4.68. The number of likely N-dealkylation sites (tertiary alicyclic amines) is 1. The maximum absolute atomic E-state index is 13.4. The van der Waals surface area contributed by atoms with Gasteiger partial charge in [0.25, 0.3) is 0 Å². The van der Waals surface area contributed by atoms with E-state index in [1.54, 1.807) is 19.2 Å². The summed E-state index contributed by atoms with van der Waals surface area (Å²) in [7, 11) is 3.86. The van der Waals surface area contributed by atoms with Crippen molar-refractivity contribution in [1.29, 1.82) is 0 Å². The normalized spacial score (nSPS) is 25.2. The van der Waals surface area contributed by atoms with Crippen molar-refractivity contribution >= 4 is 5.91 Å². The highest BCUT2D eigenvalue weighted by Crippen LogP contribution is 2.32. The number of ether oxygens (including phenoxy) is 1. The summed E-state index contributed by atoms with van der Waals surface area (Å²) in [5, 5.41) is 0. The van der Waals surface area contributed by atoms with Gasteiger partial charge in [-0.2, -0.15) is 0 Å². The zero-order valence-corrected chi connectivity index (χ0v) is 16.8. The van der Waals surface area contributed by atoms with Gasteiger partial charge in [0.05, 0.1) is 6.61 Å². The van der Waals surface area contributed by atoms with Crippen molar-refractivity contribution in [3.63, 3.8) is 0 Å². The number of nitrogens with zero attached hydrogens (tertiary/aromatic N) is 3. The second kappa shape index (κ2) is 8.67. The topological polar surface area (TPSA) is 36.0 Å². The van der Waals surface area contributed by atoms with Gasteiger partial charge in [-0.1, -0.05) is 6.07 Å². The van der Waals surface area contributed by atoms with Crippen molar-refractivity contribution in [1.82, 2.24) is 14.7 Å². The van der Waals surface area contributed by atoms with Crippen LogP contribution in [-0.2, 0) is 16.1 Å². The predicted molar refractivity (Wildman–Crippen MR) is 104 cm³/mol. The van der Waals surface area contributed by atoms with Gasteiger partial charge >= 0.3 is 0 Å². The van der Waals surface area contributed by atoms with Crippen molar-refractivity contribution < 1.29 is 13.9 Å². The first-order valence-electron chi connectivity index (χ1n) is 9.89. The van der Waals surface area contributed by atoms with Crippen LogP contribution in [0.2, 0.25) is 0 Å². The number of hydrogen-bond acceptors (Lipinski definition) is 4. The molecule has 2 aliphatic heterocycles. The Morgan fingerprint density at radius 3 is 2.78 bits per heavy atom. The molecular weight excluding hydrogens is 345 g/mol. The van der Waals surface area contributed by atoms with Crippen molar-refractivity contribution in [2.45, 2.75) is 38.3 Å². The number of hydrogen-bond donors (Lipinski definition) is 0.